The van der Waals surface area contributed by atoms with Gasteiger partial charge in [0.2, 0.25) is 5.91 Å². The number of carbonyl (C=O) groups excluding carboxylic acids is 1. The molecule has 3 aromatic rings. The SMILES string of the molecule is NC(Cc1cccs1)C(=O)N1CCC(c2cccc(-c3ccccc3)c2)CC1. The molecule has 144 valence electrons. The molecule has 4 rings (SSSR count). The molecule has 0 spiro atoms. The van der Waals surface area contributed by atoms with Gasteiger partial charge in [-0.3, -0.25) is 4.79 Å². The summed E-state index contributed by atoms with van der Waals surface area (Å²) in [7, 11) is 0. The van der Waals surface area contributed by atoms with Gasteiger partial charge in [-0.15, -0.1) is 11.3 Å². The summed E-state index contributed by atoms with van der Waals surface area (Å²) in [6, 6.07) is 22.9. The van der Waals surface area contributed by atoms with Crippen molar-refractivity contribution in [2.24, 2.45) is 5.73 Å². The van der Waals surface area contributed by atoms with Crippen LogP contribution in [-0.4, -0.2) is 29.9 Å². The lowest BCUT2D eigenvalue weighted by Gasteiger charge is -2.34. The van der Waals surface area contributed by atoms with Gasteiger partial charge in [-0.1, -0.05) is 60.7 Å². The van der Waals surface area contributed by atoms with E-state index in [0.717, 1.165) is 25.9 Å². The highest BCUT2D eigenvalue weighted by Crippen LogP contribution is 2.31. The van der Waals surface area contributed by atoms with Gasteiger partial charge in [-0.25, -0.2) is 0 Å². The lowest BCUT2D eigenvalue weighted by Crippen LogP contribution is -2.47. The number of hydrogen-bond donors (Lipinski definition) is 1. The second-order valence-electron chi connectivity index (χ2n) is 7.48. The molecule has 0 bridgehead atoms. The van der Waals surface area contributed by atoms with Crippen molar-refractivity contribution in [2.45, 2.75) is 31.2 Å². The first kappa shape index (κ1) is 18.9. The lowest BCUT2D eigenvalue weighted by molar-refractivity contribution is -0.133. The van der Waals surface area contributed by atoms with Crippen LogP contribution in [0.25, 0.3) is 11.1 Å². The summed E-state index contributed by atoms with van der Waals surface area (Å²) in [5.41, 5.74) is 10.1. The first-order valence-electron chi connectivity index (χ1n) is 9.93. The van der Waals surface area contributed by atoms with Gasteiger partial charge in [0, 0.05) is 24.4 Å². The van der Waals surface area contributed by atoms with Crippen molar-refractivity contribution < 1.29 is 4.79 Å². The van der Waals surface area contributed by atoms with Gasteiger partial charge in [-0.2, -0.15) is 0 Å². The number of amides is 1. The third kappa shape index (κ3) is 4.34. The summed E-state index contributed by atoms with van der Waals surface area (Å²) < 4.78 is 0. The summed E-state index contributed by atoms with van der Waals surface area (Å²) in [6.07, 6.45) is 2.63. The minimum atomic E-state index is -0.434. The average Bonchev–Trinajstić information content (AvgIpc) is 3.27. The zero-order chi connectivity index (χ0) is 19.3. The Morgan fingerprint density at radius 2 is 1.75 bits per heavy atom. The van der Waals surface area contributed by atoms with Crippen LogP contribution >= 0.6 is 11.3 Å². The first-order valence-corrected chi connectivity index (χ1v) is 10.8. The molecule has 1 aliphatic heterocycles. The van der Waals surface area contributed by atoms with E-state index in [0.29, 0.717) is 12.3 Å². The zero-order valence-electron chi connectivity index (χ0n) is 16.0. The van der Waals surface area contributed by atoms with Gasteiger partial charge in [0.15, 0.2) is 0 Å². The Morgan fingerprint density at radius 1 is 1.00 bits per heavy atom. The van der Waals surface area contributed by atoms with Crippen molar-refractivity contribution in [1.29, 1.82) is 0 Å². The molecule has 4 heteroatoms. The summed E-state index contributed by atoms with van der Waals surface area (Å²) in [6.45, 7) is 1.58. The van der Waals surface area contributed by atoms with Crippen LogP contribution in [0.3, 0.4) is 0 Å². The number of likely N-dealkylation sites (tertiary alicyclic amines) is 1. The second kappa shape index (κ2) is 8.72. The molecule has 2 aromatic carbocycles. The van der Waals surface area contributed by atoms with Gasteiger partial charge in [0.05, 0.1) is 6.04 Å². The van der Waals surface area contributed by atoms with Crippen LogP contribution < -0.4 is 5.73 Å². The number of piperidine rings is 1. The maximum Gasteiger partial charge on any atom is 0.239 e. The third-order valence-corrected chi connectivity index (χ3v) is 6.49. The smallest absolute Gasteiger partial charge is 0.239 e. The van der Waals surface area contributed by atoms with Crippen LogP contribution in [-0.2, 0) is 11.2 Å². The van der Waals surface area contributed by atoms with Crippen LogP contribution in [0.4, 0.5) is 0 Å². The Morgan fingerprint density at radius 3 is 2.46 bits per heavy atom. The number of carbonyl (C=O) groups is 1. The topological polar surface area (TPSA) is 46.3 Å². The highest BCUT2D eigenvalue weighted by Gasteiger charge is 2.27. The summed E-state index contributed by atoms with van der Waals surface area (Å²) in [5, 5.41) is 2.03. The molecule has 2 N–H and O–H groups in total. The minimum absolute atomic E-state index is 0.0879. The number of nitrogens with two attached hydrogens (primary N) is 1. The Labute approximate surface area is 170 Å². The number of rotatable bonds is 5. The molecule has 0 radical (unpaired) electrons. The first-order chi connectivity index (χ1) is 13.7. The standard InChI is InChI=1S/C24H26N2OS/c25-23(17-22-10-5-15-28-22)24(27)26-13-11-19(12-14-26)21-9-4-8-20(16-21)18-6-2-1-3-7-18/h1-10,15-16,19,23H,11-14,17,25H2. The molecule has 1 amide bonds. The molecule has 1 aliphatic rings. The van der Waals surface area contributed by atoms with Gasteiger partial charge >= 0.3 is 0 Å². The number of thiophene rings is 1. The van der Waals surface area contributed by atoms with E-state index in [9.17, 15) is 4.79 Å². The highest BCUT2D eigenvalue weighted by molar-refractivity contribution is 7.09. The van der Waals surface area contributed by atoms with Gasteiger partial charge in [0.1, 0.15) is 0 Å². The molecular weight excluding hydrogens is 364 g/mol. The number of benzene rings is 2. The van der Waals surface area contributed by atoms with Crippen molar-refractivity contribution in [3.63, 3.8) is 0 Å². The summed E-state index contributed by atoms with van der Waals surface area (Å²) in [5.74, 6) is 0.589. The van der Waals surface area contributed by atoms with E-state index in [1.165, 1.54) is 21.6 Å². The van der Waals surface area contributed by atoms with Crippen molar-refractivity contribution in [3.05, 3.63) is 82.6 Å². The molecular formula is C24H26N2OS. The quantitative estimate of drug-likeness (QED) is 0.687. The molecule has 0 aliphatic carbocycles. The molecule has 1 saturated heterocycles. The van der Waals surface area contributed by atoms with Gasteiger partial charge < -0.3 is 10.6 Å². The minimum Gasteiger partial charge on any atom is -0.341 e. The van der Waals surface area contributed by atoms with Crippen LogP contribution in [0, 0.1) is 0 Å². The largest absolute Gasteiger partial charge is 0.341 e. The van der Waals surface area contributed by atoms with E-state index in [-0.39, 0.29) is 5.91 Å². The van der Waals surface area contributed by atoms with Gasteiger partial charge in [0.25, 0.3) is 0 Å². The predicted octanol–water partition coefficient (Wildman–Crippen LogP) is 4.69. The highest BCUT2D eigenvalue weighted by atomic mass is 32.1. The Balaban J connectivity index is 1.37. The fourth-order valence-electron chi connectivity index (χ4n) is 4.00. The summed E-state index contributed by atoms with van der Waals surface area (Å²) >= 11 is 1.66. The molecule has 28 heavy (non-hydrogen) atoms. The third-order valence-electron chi connectivity index (χ3n) is 5.59. The normalized spacial score (nSPS) is 16.1. The van der Waals surface area contributed by atoms with Crippen molar-refractivity contribution in [3.8, 4) is 11.1 Å². The maximum atomic E-state index is 12.7. The van der Waals surface area contributed by atoms with E-state index < -0.39 is 6.04 Å². The van der Waals surface area contributed by atoms with E-state index in [2.05, 4.69) is 48.5 Å². The molecule has 1 atom stereocenters. The van der Waals surface area contributed by atoms with Crippen LogP contribution in [0.1, 0.15) is 29.2 Å². The molecule has 1 aromatic heterocycles. The fraction of sp³-hybridized carbons (Fsp3) is 0.292. The zero-order valence-corrected chi connectivity index (χ0v) is 16.8. The molecule has 3 nitrogen and oxygen atoms in total. The molecule has 2 heterocycles. The predicted molar refractivity (Wildman–Crippen MR) is 116 cm³/mol. The van der Waals surface area contributed by atoms with Crippen LogP contribution in [0.5, 0.6) is 0 Å². The fourth-order valence-corrected chi connectivity index (χ4v) is 4.77. The van der Waals surface area contributed by atoms with Crippen LogP contribution in [0.15, 0.2) is 72.1 Å². The molecule has 1 unspecified atom stereocenters. The number of nitrogens with zero attached hydrogens (tertiary/aromatic N) is 1. The average molecular weight is 391 g/mol. The Bertz CT molecular complexity index is 899. The van der Waals surface area contributed by atoms with E-state index in [4.69, 9.17) is 5.73 Å². The summed E-state index contributed by atoms with van der Waals surface area (Å²) in [4.78, 5) is 15.8. The van der Waals surface area contributed by atoms with E-state index in [1.807, 2.05) is 28.5 Å². The lowest BCUT2D eigenvalue weighted by atomic mass is 9.87. The van der Waals surface area contributed by atoms with Crippen molar-refractivity contribution in [2.75, 3.05) is 13.1 Å². The molecule has 1 fully saturated rings. The Kier molecular flexibility index (Phi) is 5.89. The monoisotopic (exact) mass is 390 g/mol. The van der Waals surface area contributed by atoms with Crippen molar-refractivity contribution >= 4 is 17.2 Å². The Hall–Kier alpha value is -2.43. The van der Waals surface area contributed by atoms with Crippen molar-refractivity contribution in [1.82, 2.24) is 4.90 Å². The van der Waals surface area contributed by atoms with Gasteiger partial charge in [-0.05, 0) is 46.9 Å². The number of hydrogen-bond acceptors (Lipinski definition) is 3. The maximum absolute atomic E-state index is 12.7. The van der Waals surface area contributed by atoms with Crippen LogP contribution in [0.2, 0.25) is 0 Å². The van der Waals surface area contributed by atoms with E-state index >= 15 is 0 Å². The van der Waals surface area contributed by atoms with E-state index in [1.54, 1.807) is 11.3 Å². The molecule has 0 saturated carbocycles. The second-order valence-corrected chi connectivity index (χ2v) is 8.51.